The predicted octanol–water partition coefficient (Wildman–Crippen LogP) is 3.72. The van der Waals surface area contributed by atoms with Gasteiger partial charge in [-0.2, -0.15) is 0 Å². The number of benzene rings is 1. The first-order valence-electron chi connectivity index (χ1n) is 8.72. The van der Waals surface area contributed by atoms with Crippen LogP contribution >= 0.6 is 11.3 Å². The Labute approximate surface area is 165 Å². The summed E-state index contributed by atoms with van der Waals surface area (Å²) in [4.78, 5) is 25.0. The van der Waals surface area contributed by atoms with E-state index >= 15 is 0 Å². The number of hydrogen-bond acceptors (Lipinski definition) is 6. The third-order valence-corrected chi connectivity index (χ3v) is 5.16. The molecular weight excluding hydrogens is 383 g/mol. The van der Waals surface area contributed by atoms with E-state index in [9.17, 15) is 14.0 Å². The smallest absolute Gasteiger partial charge is 0.287 e. The van der Waals surface area contributed by atoms with Crippen LogP contribution in [0.15, 0.2) is 47.1 Å². The van der Waals surface area contributed by atoms with Crippen LogP contribution in [0.1, 0.15) is 30.8 Å². The van der Waals surface area contributed by atoms with Gasteiger partial charge in [-0.3, -0.25) is 14.9 Å². The molecule has 2 atom stereocenters. The number of hydrogen-bond donors (Lipinski definition) is 2. The van der Waals surface area contributed by atoms with Crippen LogP contribution in [-0.4, -0.2) is 28.1 Å². The number of anilines is 1. The molecule has 0 unspecified atom stereocenters. The second kappa shape index (κ2) is 8.75. The maximum atomic E-state index is 13.1. The SMILES string of the molecule is CC[C@@H](C)[C@H](NC(=O)c1ccco1)C(=O)Nc1nnc(-c2ccc(F)cc2)s1. The van der Waals surface area contributed by atoms with Gasteiger partial charge in [-0.05, 0) is 42.3 Å². The number of nitrogens with zero attached hydrogens (tertiary/aromatic N) is 2. The largest absolute Gasteiger partial charge is 0.459 e. The van der Waals surface area contributed by atoms with E-state index in [0.717, 1.165) is 0 Å². The number of furan rings is 1. The number of aromatic nitrogens is 2. The number of halogens is 1. The summed E-state index contributed by atoms with van der Waals surface area (Å²) in [5.41, 5.74) is 0.698. The molecule has 7 nitrogen and oxygen atoms in total. The summed E-state index contributed by atoms with van der Waals surface area (Å²) >= 11 is 1.17. The Hall–Kier alpha value is -3.07. The third kappa shape index (κ3) is 4.61. The van der Waals surface area contributed by atoms with Crippen LogP contribution in [0.4, 0.5) is 9.52 Å². The molecule has 0 bridgehead atoms. The molecule has 3 aromatic rings. The molecule has 0 aliphatic heterocycles. The van der Waals surface area contributed by atoms with Crippen LogP contribution in [0, 0.1) is 11.7 Å². The van der Waals surface area contributed by atoms with Gasteiger partial charge in [0, 0.05) is 5.56 Å². The van der Waals surface area contributed by atoms with E-state index in [1.54, 1.807) is 18.2 Å². The molecule has 1 aromatic carbocycles. The Morgan fingerprint density at radius 2 is 1.96 bits per heavy atom. The molecule has 0 saturated carbocycles. The van der Waals surface area contributed by atoms with E-state index in [2.05, 4.69) is 20.8 Å². The number of nitrogens with one attached hydrogen (secondary N) is 2. The zero-order chi connectivity index (χ0) is 20.1. The van der Waals surface area contributed by atoms with Gasteiger partial charge < -0.3 is 9.73 Å². The molecule has 3 rings (SSSR count). The standard InChI is InChI=1S/C19H19FN4O3S/c1-3-11(2)15(21-16(25)14-5-4-10-27-14)17(26)22-19-24-23-18(28-19)12-6-8-13(20)9-7-12/h4-11,15H,3H2,1-2H3,(H,21,25)(H,22,24,26)/t11-,15+/m1/s1. The van der Waals surface area contributed by atoms with Gasteiger partial charge in [-0.25, -0.2) is 4.39 Å². The van der Waals surface area contributed by atoms with Crippen LogP contribution in [0.5, 0.6) is 0 Å². The first kappa shape index (κ1) is 19.7. The molecule has 9 heteroatoms. The first-order chi connectivity index (χ1) is 13.5. The lowest BCUT2D eigenvalue weighted by Gasteiger charge is -2.22. The van der Waals surface area contributed by atoms with E-state index in [-0.39, 0.29) is 17.5 Å². The molecule has 2 aromatic heterocycles. The van der Waals surface area contributed by atoms with E-state index in [1.807, 2.05) is 13.8 Å². The maximum absolute atomic E-state index is 13.1. The second-order valence-corrected chi connectivity index (χ2v) is 7.20. The summed E-state index contributed by atoms with van der Waals surface area (Å²) in [5, 5.41) is 14.2. The quantitative estimate of drug-likeness (QED) is 0.628. The van der Waals surface area contributed by atoms with Crippen molar-refractivity contribution in [2.45, 2.75) is 26.3 Å². The lowest BCUT2D eigenvalue weighted by Crippen LogP contribution is -2.47. The topological polar surface area (TPSA) is 97.1 Å². The van der Waals surface area contributed by atoms with Crippen molar-refractivity contribution in [3.63, 3.8) is 0 Å². The molecule has 28 heavy (non-hydrogen) atoms. The minimum absolute atomic E-state index is 0.108. The number of carbonyl (C=O) groups is 2. The fourth-order valence-electron chi connectivity index (χ4n) is 2.49. The minimum Gasteiger partial charge on any atom is -0.459 e. The van der Waals surface area contributed by atoms with Crippen LogP contribution in [0.25, 0.3) is 10.6 Å². The summed E-state index contributed by atoms with van der Waals surface area (Å²) in [5.74, 6) is -1.17. The van der Waals surface area contributed by atoms with Crippen molar-refractivity contribution >= 4 is 28.3 Å². The molecule has 2 amide bonds. The zero-order valence-electron chi connectivity index (χ0n) is 15.3. The van der Waals surface area contributed by atoms with Crippen molar-refractivity contribution in [2.24, 2.45) is 5.92 Å². The molecule has 0 radical (unpaired) electrons. The zero-order valence-corrected chi connectivity index (χ0v) is 16.1. The van der Waals surface area contributed by atoms with Gasteiger partial charge in [-0.15, -0.1) is 10.2 Å². The van der Waals surface area contributed by atoms with E-state index in [0.29, 0.717) is 22.1 Å². The van der Waals surface area contributed by atoms with Gasteiger partial charge in [0.25, 0.3) is 5.91 Å². The summed E-state index contributed by atoms with van der Waals surface area (Å²) in [6.45, 7) is 3.80. The fraction of sp³-hybridized carbons (Fsp3) is 0.263. The highest BCUT2D eigenvalue weighted by Crippen LogP contribution is 2.26. The molecule has 0 aliphatic carbocycles. The Bertz CT molecular complexity index is 941. The summed E-state index contributed by atoms with van der Waals surface area (Å²) < 4.78 is 18.1. The molecular formula is C19H19FN4O3S. The van der Waals surface area contributed by atoms with Gasteiger partial charge in [0.05, 0.1) is 6.26 Å². The van der Waals surface area contributed by atoms with Crippen LogP contribution in [-0.2, 0) is 4.79 Å². The van der Waals surface area contributed by atoms with Crippen molar-refractivity contribution in [2.75, 3.05) is 5.32 Å². The van der Waals surface area contributed by atoms with Crippen molar-refractivity contribution in [3.8, 4) is 10.6 Å². The van der Waals surface area contributed by atoms with Crippen LogP contribution in [0.3, 0.4) is 0 Å². The molecule has 0 fully saturated rings. The summed E-state index contributed by atoms with van der Waals surface area (Å²) in [6.07, 6.45) is 2.08. The lowest BCUT2D eigenvalue weighted by atomic mass is 9.98. The van der Waals surface area contributed by atoms with Crippen LogP contribution in [0.2, 0.25) is 0 Å². The first-order valence-corrected chi connectivity index (χ1v) is 9.54. The van der Waals surface area contributed by atoms with Crippen LogP contribution < -0.4 is 10.6 Å². The monoisotopic (exact) mass is 402 g/mol. The highest BCUT2D eigenvalue weighted by Gasteiger charge is 2.28. The number of rotatable bonds is 7. The van der Waals surface area contributed by atoms with E-state index in [4.69, 9.17) is 4.42 Å². The van der Waals surface area contributed by atoms with Gasteiger partial charge >= 0.3 is 0 Å². The Balaban J connectivity index is 1.71. The molecule has 146 valence electrons. The van der Waals surface area contributed by atoms with Crippen molar-refractivity contribution in [1.82, 2.24) is 15.5 Å². The molecule has 0 spiro atoms. The summed E-state index contributed by atoms with van der Waals surface area (Å²) in [7, 11) is 0. The average molecular weight is 402 g/mol. The van der Waals surface area contributed by atoms with Crippen molar-refractivity contribution in [1.29, 1.82) is 0 Å². The van der Waals surface area contributed by atoms with Gasteiger partial charge in [0.1, 0.15) is 16.9 Å². The fourth-order valence-corrected chi connectivity index (χ4v) is 3.24. The highest BCUT2D eigenvalue weighted by atomic mass is 32.1. The second-order valence-electron chi connectivity index (χ2n) is 6.22. The Kier molecular flexibility index (Phi) is 6.15. The van der Waals surface area contributed by atoms with Gasteiger partial charge in [0.2, 0.25) is 11.0 Å². The van der Waals surface area contributed by atoms with Gasteiger partial charge in [-0.1, -0.05) is 31.6 Å². The number of amides is 2. The van der Waals surface area contributed by atoms with Crippen molar-refractivity contribution < 1.29 is 18.4 Å². The van der Waals surface area contributed by atoms with E-state index < -0.39 is 17.9 Å². The summed E-state index contributed by atoms with van der Waals surface area (Å²) in [6, 6.07) is 8.21. The molecule has 0 saturated heterocycles. The Morgan fingerprint density at radius 3 is 2.61 bits per heavy atom. The molecule has 2 N–H and O–H groups in total. The molecule has 0 aliphatic rings. The average Bonchev–Trinajstić information content (AvgIpc) is 3.38. The van der Waals surface area contributed by atoms with Crippen molar-refractivity contribution in [3.05, 3.63) is 54.2 Å². The van der Waals surface area contributed by atoms with E-state index in [1.165, 1.54) is 35.8 Å². The third-order valence-electron chi connectivity index (χ3n) is 4.27. The lowest BCUT2D eigenvalue weighted by molar-refractivity contribution is -0.119. The molecule has 2 heterocycles. The minimum atomic E-state index is -0.763. The maximum Gasteiger partial charge on any atom is 0.287 e. The predicted molar refractivity (Wildman–Crippen MR) is 103 cm³/mol. The Morgan fingerprint density at radius 1 is 1.21 bits per heavy atom. The normalized spacial score (nSPS) is 13.0. The number of carbonyl (C=O) groups excluding carboxylic acids is 2. The highest BCUT2D eigenvalue weighted by molar-refractivity contribution is 7.18. The van der Waals surface area contributed by atoms with Gasteiger partial charge in [0.15, 0.2) is 5.76 Å².